The summed E-state index contributed by atoms with van der Waals surface area (Å²) in [4.78, 5) is 38.0. The Morgan fingerprint density at radius 2 is 2.11 bits per heavy atom. The van der Waals surface area contributed by atoms with Crippen LogP contribution in [0.1, 0.15) is 18.9 Å². The van der Waals surface area contributed by atoms with Crippen molar-refractivity contribution in [3.05, 3.63) is 29.8 Å². The van der Waals surface area contributed by atoms with Gasteiger partial charge in [-0.25, -0.2) is 0 Å². The summed E-state index contributed by atoms with van der Waals surface area (Å²) in [5, 5.41) is 2.67. The van der Waals surface area contributed by atoms with Gasteiger partial charge < -0.3 is 24.4 Å². The van der Waals surface area contributed by atoms with Crippen LogP contribution in [0.5, 0.6) is 5.75 Å². The van der Waals surface area contributed by atoms with E-state index >= 15 is 0 Å². The minimum absolute atomic E-state index is 0.106. The largest absolute Gasteiger partial charge is 0.484 e. The van der Waals surface area contributed by atoms with Gasteiger partial charge in [-0.15, -0.1) is 0 Å². The van der Waals surface area contributed by atoms with Crippen molar-refractivity contribution in [1.29, 1.82) is 0 Å². The number of hydrogen-bond donors (Lipinski definition) is 1. The molecule has 1 fully saturated rings. The molecule has 1 atom stereocenters. The van der Waals surface area contributed by atoms with Gasteiger partial charge >= 0.3 is 5.97 Å². The number of rotatable bonds is 9. The normalized spacial score (nSPS) is 16.6. The minimum atomic E-state index is -0.896. The molecule has 1 aliphatic rings. The number of benzene rings is 1. The number of carbonyl (C=O) groups excluding carboxylic acids is 3. The molecule has 27 heavy (non-hydrogen) atoms. The summed E-state index contributed by atoms with van der Waals surface area (Å²) in [7, 11) is 1.50. The Hall–Kier alpha value is -2.61. The van der Waals surface area contributed by atoms with Gasteiger partial charge in [-0.05, 0) is 24.1 Å². The Labute approximate surface area is 158 Å². The lowest BCUT2D eigenvalue weighted by Crippen LogP contribution is -2.58. The van der Waals surface area contributed by atoms with Gasteiger partial charge in [-0.2, -0.15) is 0 Å². The molecule has 1 heterocycles. The van der Waals surface area contributed by atoms with Crippen LogP contribution in [0.4, 0.5) is 0 Å². The fourth-order valence-corrected chi connectivity index (χ4v) is 2.75. The van der Waals surface area contributed by atoms with Gasteiger partial charge in [0.2, 0.25) is 5.91 Å². The molecular weight excluding hydrogens is 352 g/mol. The fourth-order valence-electron chi connectivity index (χ4n) is 2.75. The first-order valence-electron chi connectivity index (χ1n) is 8.98. The third-order valence-corrected chi connectivity index (χ3v) is 4.23. The highest BCUT2D eigenvalue weighted by Crippen LogP contribution is 2.15. The van der Waals surface area contributed by atoms with E-state index in [1.165, 1.54) is 12.0 Å². The van der Waals surface area contributed by atoms with Gasteiger partial charge in [0.05, 0.1) is 13.0 Å². The SMILES string of the molecule is CCc1cccc(OCC(=O)N2CCNC(=O)C2CC(=O)OCCOC)c1. The van der Waals surface area contributed by atoms with Crippen LogP contribution in [-0.2, 0) is 30.3 Å². The highest BCUT2D eigenvalue weighted by molar-refractivity contribution is 5.92. The molecule has 0 aromatic heterocycles. The molecule has 1 aromatic carbocycles. The van der Waals surface area contributed by atoms with Crippen molar-refractivity contribution in [2.45, 2.75) is 25.8 Å². The van der Waals surface area contributed by atoms with E-state index in [2.05, 4.69) is 5.32 Å². The van der Waals surface area contributed by atoms with Crippen LogP contribution >= 0.6 is 0 Å². The number of aryl methyl sites for hydroxylation is 1. The van der Waals surface area contributed by atoms with Crippen LogP contribution in [0.2, 0.25) is 0 Å². The van der Waals surface area contributed by atoms with Gasteiger partial charge in [0, 0.05) is 20.2 Å². The van der Waals surface area contributed by atoms with Crippen molar-refractivity contribution in [2.75, 3.05) is 40.0 Å². The number of esters is 1. The quantitative estimate of drug-likeness (QED) is 0.498. The minimum Gasteiger partial charge on any atom is -0.484 e. The summed E-state index contributed by atoms with van der Waals surface area (Å²) in [6, 6.07) is 6.61. The van der Waals surface area contributed by atoms with Crippen molar-refractivity contribution < 1.29 is 28.6 Å². The van der Waals surface area contributed by atoms with Gasteiger partial charge in [-0.1, -0.05) is 19.1 Å². The molecule has 1 aliphatic heterocycles. The zero-order valence-corrected chi connectivity index (χ0v) is 15.7. The molecular formula is C19H26N2O6. The van der Waals surface area contributed by atoms with Crippen LogP contribution in [0.25, 0.3) is 0 Å². The molecule has 2 amide bonds. The Morgan fingerprint density at radius 3 is 2.85 bits per heavy atom. The van der Waals surface area contributed by atoms with E-state index in [-0.39, 0.29) is 38.1 Å². The zero-order chi connectivity index (χ0) is 19.6. The molecule has 1 saturated heterocycles. The Kier molecular flexibility index (Phi) is 8.06. The van der Waals surface area contributed by atoms with Gasteiger partial charge in [0.1, 0.15) is 18.4 Å². The molecule has 0 radical (unpaired) electrons. The number of ether oxygens (including phenoxy) is 3. The van der Waals surface area contributed by atoms with Gasteiger partial charge in [-0.3, -0.25) is 14.4 Å². The maximum atomic E-state index is 12.6. The summed E-state index contributed by atoms with van der Waals surface area (Å²) in [6.07, 6.45) is 0.664. The Morgan fingerprint density at radius 1 is 1.30 bits per heavy atom. The average Bonchev–Trinajstić information content (AvgIpc) is 2.68. The van der Waals surface area contributed by atoms with Crippen LogP contribution in [0, 0.1) is 0 Å². The molecule has 2 rings (SSSR count). The van der Waals surface area contributed by atoms with Crippen LogP contribution in [0.3, 0.4) is 0 Å². The van der Waals surface area contributed by atoms with Crippen molar-refractivity contribution in [3.63, 3.8) is 0 Å². The summed E-state index contributed by atoms with van der Waals surface area (Å²) in [5.41, 5.74) is 1.11. The molecule has 8 heteroatoms. The van der Waals surface area contributed by atoms with Crippen LogP contribution in [-0.4, -0.2) is 68.7 Å². The number of amides is 2. The maximum Gasteiger partial charge on any atom is 0.308 e. The standard InChI is InChI=1S/C19H26N2O6/c1-3-14-5-4-6-15(11-14)27-13-17(22)21-8-7-20-19(24)16(21)12-18(23)26-10-9-25-2/h4-6,11,16H,3,7-10,12-13H2,1-2H3,(H,20,24). The molecule has 1 unspecified atom stereocenters. The summed E-state index contributed by atoms with van der Waals surface area (Å²) in [6.45, 7) is 2.87. The van der Waals surface area contributed by atoms with Crippen LogP contribution in [0.15, 0.2) is 24.3 Å². The maximum absolute atomic E-state index is 12.6. The average molecular weight is 378 g/mol. The fraction of sp³-hybridized carbons (Fsp3) is 0.526. The second kappa shape index (κ2) is 10.5. The third-order valence-electron chi connectivity index (χ3n) is 4.23. The summed E-state index contributed by atoms with van der Waals surface area (Å²) >= 11 is 0. The second-order valence-electron chi connectivity index (χ2n) is 6.10. The van der Waals surface area contributed by atoms with Crippen molar-refractivity contribution in [2.24, 2.45) is 0 Å². The third kappa shape index (κ3) is 6.25. The molecule has 0 saturated carbocycles. The summed E-state index contributed by atoms with van der Waals surface area (Å²) in [5.74, 6) is -0.670. The van der Waals surface area contributed by atoms with Crippen molar-refractivity contribution >= 4 is 17.8 Å². The topological polar surface area (TPSA) is 94.2 Å². The van der Waals surface area contributed by atoms with Crippen molar-refractivity contribution in [1.82, 2.24) is 10.2 Å². The highest BCUT2D eigenvalue weighted by atomic mass is 16.6. The van der Waals surface area contributed by atoms with E-state index < -0.39 is 12.0 Å². The molecule has 1 N–H and O–H groups in total. The summed E-state index contributed by atoms with van der Waals surface area (Å²) < 4.78 is 15.4. The Balaban J connectivity index is 1.94. The first kappa shape index (κ1) is 20.7. The molecule has 0 bridgehead atoms. The number of methoxy groups -OCH3 is 1. The molecule has 1 aromatic rings. The van der Waals surface area contributed by atoms with E-state index in [9.17, 15) is 14.4 Å². The molecule has 0 aliphatic carbocycles. The lowest BCUT2D eigenvalue weighted by molar-refractivity contribution is -0.153. The van der Waals surface area contributed by atoms with E-state index in [1.54, 1.807) is 6.07 Å². The number of nitrogens with zero attached hydrogens (tertiary/aromatic N) is 1. The zero-order valence-electron chi connectivity index (χ0n) is 15.7. The first-order chi connectivity index (χ1) is 13.0. The molecule has 0 spiro atoms. The lowest BCUT2D eigenvalue weighted by Gasteiger charge is -2.34. The second-order valence-corrected chi connectivity index (χ2v) is 6.10. The Bertz CT molecular complexity index is 663. The van der Waals surface area contributed by atoms with E-state index in [1.807, 2.05) is 25.1 Å². The molecule has 8 nitrogen and oxygen atoms in total. The van der Waals surface area contributed by atoms with E-state index in [0.717, 1.165) is 12.0 Å². The number of hydrogen-bond acceptors (Lipinski definition) is 6. The predicted molar refractivity (Wildman–Crippen MR) is 97.3 cm³/mol. The van der Waals surface area contributed by atoms with E-state index in [0.29, 0.717) is 18.8 Å². The predicted octanol–water partition coefficient (Wildman–Crippen LogP) is 0.535. The van der Waals surface area contributed by atoms with Gasteiger partial charge in [0.15, 0.2) is 6.61 Å². The number of nitrogens with one attached hydrogen (secondary N) is 1. The van der Waals surface area contributed by atoms with Gasteiger partial charge in [0.25, 0.3) is 5.91 Å². The van der Waals surface area contributed by atoms with E-state index in [4.69, 9.17) is 14.2 Å². The number of carbonyl (C=O) groups is 3. The monoisotopic (exact) mass is 378 g/mol. The molecule has 148 valence electrons. The lowest BCUT2D eigenvalue weighted by atomic mass is 10.1. The smallest absolute Gasteiger partial charge is 0.308 e. The first-order valence-corrected chi connectivity index (χ1v) is 8.98. The number of piperazine rings is 1. The highest BCUT2D eigenvalue weighted by Gasteiger charge is 2.35. The van der Waals surface area contributed by atoms with Crippen molar-refractivity contribution in [3.8, 4) is 5.75 Å². The van der Waals surface area contributed by atoms with Crippen LogP contribution < -0.4 is 10.1 Å².